The number of nitrogens with zero attached hydrogens (tertiary/aromatic N) is 1. The van der Waals surface area contributed by atoms with E-state index in [0.717, 1.165) is 4.90 Å². The molecule has 144 valence electrons. The summed E-state index contributed by atoms with van der Waals surface area (Å²) in [6, 6.07) is 19.4. The van der Waals surface area contributed by atoms with Crippen molar-refractivity contribution in [3.63, 3.8) is 0 Å². The van der Waals surface area contributed by atoms with Gasteiger partial charge < -0.3 is 9.47 Å². The zero-order chi connectivity index (χ0) is 19.8. The fourth-order valence-electron chi connectivity index (χ4n) is 2.32. The summed E-state index contributed by atoms with van der Waals surface area (Å²) in [5.74, 6) is -0.439. The van der Waals surface area contributed by atoms with Gasteiger partial charge in [-0.05, 0) is 24.3 Å². The summed E-state index contributed by atoms with van der Waals surface area (Å²) in [4.78, 5) is 38.8. The monoisotopic (exact) mass is 398 g/mol. The number of ether oxygens (including phenoxy) is 2. The molecule has 1 heterocycles. The van der Waals surface area contributed by atoms with Crippen molar-refractivity contribution in [2.45, 2.75) is 16.7 Å². The largest absolute Gasteiger partial charge is 0.460 e. The summed E-state index contributed by atoms with van der Waals surface area (Å²) in [6.07, 6.45) is 0. The standard InChI is InChI=1S/C20H18N2O5S/c23-17-13-18(28-16-9-5-2-6-10-16)22(20(25)21-17)14-26-11-12-27-19(24)15-7-3-1-4-8-15/h1-10,13H,11-12,14H2,(H,21,23,25). The molecule has 0 amide bonds. The minimum absolute atomic E-state index is 0.0486. The SMILES string of the molecule is O=C(OCCOCn1c(Sc2ccccc2)cc(=O)[nH]c1=O)c1ccccc1. The van der Waals surface area contributed by atoms with Crippen molar-refractivity contribution in [1.82, 2.24) is 9.55 Å². The van der Waals surface area contributed by atoms with Crippen LogP contribution < -0.4 is 11.2 Å². The highest BCUT2D eigenvalue weighted by Crippen LogP contribution is 2.25. The van der Waals surface area contributed by atoms with Crippen LogP contribution in [-0.4, -0.2) is 28.7 Å². The van der Waals surface area contributed by atoms with Gasteiger partial charge in [-0.3, -0.25) is 14.3 Å². The maximum Gasteiger partial charge on any atom is 0.338 e. The third-order valence-electron chi connectivity index (χ3n) is 3.65. The smallest absolute Gasteiger partial charge is 0.338 e. The highest BCUT2D eigenvalue weighted by atomic mass is 32.2. The predicted octanol–water partition coefficient (Wildman–Crippen LogP) is 2.52. The summed E-state index contributed by atoms with van der Waals surface area (Å²) >= 11 is 1.29. The molecule has 0 bridgehead atoms. The van der Waals surface area contributed by atoms with Crippen LogP contribution in [0.2, 0.25) is 0 Å². The molecule has 28 heavy (non-hydrogen) atoms. The fraction of sp³-hybridized carbons (Fsp3) is 0.150. The fourth-order valence-corrected chi connectivity index (χ4v) is 3.27. The Labute approximate surface area is 164 Å². The molecule has 0 spiro atoms. The second-order valence-electron chi connectivity index (χ2n) is 5.66. The van der Waals surface area contributed by atoms with Gasteiger partial charge in [0.25, 0.3) is 5.56 Å². The third kappa shape index (κ3) is 5.45. The number of H-pyrrole nitrogens is 1. The zero-order valence-electron chi connectivity index (χ0n) is 14.9. The Balaban J connectivity index is 1.57. The first-order valence-corrected chi connectivity index (χ1v) is 9.32. The van der Waals surface area contributed by atoms with Crippen LogP contribution in [0.5, 0.6) is 0 Å². The lowest BCUT2D eigenvalue weighted by molar-refractivity contribution is 0.0143. The number of aromatic nitrogens is 2. The third-order valence-corrected chi connectivity index (χ3v) is 4.71. The van der Waals surface area contributed by atoms with Crippen molar-refractivity contribution in [3.8, 4) is 0 Å². The summed E-state index contributed by atoms with van der Waals surface area (Å²) < 4.78 is 11.9. The maximum atomic E-state index is 12.1. The first-order valence-electron chi connectivity index (χ1n) is 8.50. The van der Waals surface area contributed by atoms with Gasteiger partial charge in [0.1, 0.15) is 13.3 Å². The number of aromatic amines is 1. The lowest BCUT2D eigenvalue weighted by atomic mass is 10.2. The van der Waals surface area contributed by atoms with Gasteiger partial charge in [0.15, 0.2) is 0 Å². The Kier molecular flexibility index (Phi) is 6.83. The van der Waals surface area contributed by atoms with Crippen LogP contribution in [0.4, 0.5) is 0 Å². The molecule has 3 aromatic rings. The molecule has 1 aromatic heterocycles. The van der Waals surface area contributed by atoms with Gasteiger partial charge in [0.2, 0.25) is 0 Å². The van der Waals surface area contributed by atoms with Crippen molar-refractivity contribution in [2.24, 2.45) is 0 Å². The quantitative estimate of drug-likeness (QED) is 0.356. The second-order valence-corrected chi connectivity index (χ2v) is 6.75. The van der Waals surface area contributed by atoms with Crippen LogP contribution in [-0.2, 0) is 16.2 Å². The molecule has 2 aromatic carbocycles. The highest BCUT2D eigenvalue weighted by molar-refractivity contribution is 7.99. The molecule has 0 atom stereocenters. The molecule has 0 aliphatic rings. The van der Waals surface area contributed by atoms with Crippen molar-refractivity contribution in [3.05, 3.63) is 93.1 Å². The molecule has 0 saturated heterocycles. The van der Waals surface area contributed by atoms with Gasteiger partial charge >= 0.3 is 11.7 Å². The minimum atomic E-state index is -0.563. The van der Waals surface area contributed by atoms with E-state index in [2.05, 4.69) is 4.98 Å². The molecule has 0 aliphatic carbocycles. The van der Waals surface area contributed by atoms with E-state index in [4.69, 9.17) is 9.47 Å². The number of carbonyl (C=O) groups is 1. The molecule has 0 radical (unpaired) electrons. The van der Waals surface area contributed by atoms with Crippen LogP contribution in [0, 0.1) is 0 Å². The van der Waals surface area contributed by atoms with Crippen LogP contribution in [0.1, 0.15) is 10.4 Å². The number of hydrogen-bond acceptors (Lipinski definition) is 6. The summed E-state index contributed by atoms with van der Waals surface area (Å²) in [5.41, 5.74) is -0.579. The Morgan fingerprint density at radius 1 is 0.964 bits per heavy atom. The predicted molar refractivity (Wildman–Crippen MR) is 105 cm³/mol. The van der Waals surface area contributed by atoms with E-state index in [1.165, 1.54) is 22.4 Å². The van der Waals surface area contributed by atoms with E-state index in [-0.39, 0.29) is 19.9 Å². The van der Waals surface area contributed by atoms with Crippen molar-refractivity contribution >= 4 is 17.7 Å². The molecular formula is C20H18N2O5S. The van der Waals surface area contributed by atoms with Gasteiger partial charge in [-0.15, -0.1) is 0 Å². The second kappa shape index (κ2) is 9.72. The molecule has 1 N–H and O–H groups in total. The van der Waals surface area contributed by atoms with E-state index in [0.29, 0.717) is 10.6 Å². The van der Waals surface area contributed by atoms with Gasteiger partial charge in [-0.2, -0.15) is 0 Å². The van der Waals surface area contributed by atoms with E-state index < -0.39 is 17.2 Å². The van der Waals surface area contributed by atoms with Crippen LogP contribution in [0.25, 0.3) is 0 Å². The molecule has 0 aliphatic heterocycles. The molecule has 7 nitrogen and oxygen atoms in total. The maximum absolute atomic E-state index is 12.1. The van der Waals surface area contributed by atoms with E-state index >= 15 is 0 Å². The van der Waals surface area contributed by atoms with Crippen molar-refractivity contribution < 1.29 is 14.3 Å². The van der Waals surface area contributed by atoms with E-state index in [1.807, 2.05) is 36.4 Å². The van der Waals surface area contributed by atoms with Crippen LogP contribution in [0.15, 0.2) is 86.2 Å². The van der Waals surface area contributed by atoms with Crippen LogP contribution >= 0.6 is 11.8 Å². The molecule has 8 heteroatoms. The Morgan fingerprint density at radius 2 is 1.64 bits per heavy atom. The highest BCUT2D eigenvalue weighted by Gasteiger charge is 2.09. The molecule has 3 rings (SSSR count). The van der Waals surface area contributed by atoms with Crippen molar-refractivity contribution in [1.29, 1.82) is 0 Å². The molecule has 0 fully saturated rings. The van der Waals surface area contributed by atoms with E-state index in [1.54, 1.807) is 24.3 Å². The Hall–Kier alpha value is -3.10. The van der Waals surface area contributed by atoms with Gasteiger partial charge in [0, 0.05) is 11.0 Å². The molecule has 0 unspecified atom stereocenters. The van der Waals surface area contributed by atoms with Gasteiger partial charge in [-0.1, -0.05) is 48.2 Å². The van der Waals surface area contributed by atoms with E-state index in [9.17, 15) is 14.4 Å². The average Bonchev–Trinajstić information content (AvgIpc) is 2.70. The number of rotatable bonds is 8. The first-order chi connectivity index (χ1) is 13.6. The molecular weight excluding hydrogens is 380 g/mol. The number of hydrogen-bond donors (Lipinski definition) is 1. The summed E-state index contributed by atoms with van der Waals surface area (Å²) in [5, 5.41) is 0.459. The lowest BCUT2D eigenvalue weighted by Crippen LogP contribution is -2.31. The number of nitrogens with one attached hydrogen (secondary N) is 1. The Bertz CT molecular complexity index is 1030. The van der Waals surface area contributed by atoms with Crippen molar-refractivity contribution in [2.75, 3.05) is 13.2 Å². The summed E-state index contributed by atoms with van der Waals surface area (Å²) in [7, 11) is 0. The minimum Gasteiger partial charge on any atom is -0.460 e. The van der Waals surface area contributed by atoms with Gasteiger partial charge in [0.05, 0.1) is 17.2 Å². The first kappa shape index (κ1) is 19.7. The average molecular weight is 398 g/mol. The van der Waals surface area contributed by atoms with Crippen LogP contribution in [0.3, 0.4) is 0 Å². The Morgan fingerprint density at radius 3 is 2.36 bits per heavy atom. The topological polar surface area (TPSA) is 90.4 Å². The lowest BCUT2D eigenvalue weighted by Gasteiger charge is -2.12. The number of benzene rings is 2. The zero-order valence-corrected chi connectivity index (χ0v) is 15.7. The number of esters is 1. The summed E-state index contributed by atoms with van der Waals surface area (Å²) in [6.45, 7) is 0.0836. The normalized spacial score (nSPS) is 10.6. The van der Waals surface area contributed by atoms with Gasteiger partial charge in [-0.25, -0.2) is 9.59 Å². The molecule has 0 saturated carbocycles. The number of carbonyl (C=O) groups excluding carboxylic acids is 1.